The zero-order valence-electron chi connectivity index (χ0n) is 9.79. The van der Waals surface area contributed by atoms with Crippen LogP contribution in [-0.4, -0.2) is 32.4 Å². The standard InChI is InChI=1S/C10H10ClF4NO3S/c11-7-2-1-6(4-17)3-8(7)20(18,19)16-5-10(14,15)9(12)13/h1-3,9,16-17H,4-5H2. The summed E-state index contributed by atoms with van der Waals surface area (Å²) < 4.78 is 74.1. The van der Waals surface area contributed by atoms with Crippen LogP contribution in [0.25, 0.3) is 0 Å². The van der Waals surface area contributed by atoms with Crippen molar-refractivity contribution < 1.29 is 31.1 Å². The smallest absolute Gasteiger partial charge is 0.320 e. The monoisotopic (exact) mass is 335 g/mol. The molecular formula is C10H10ClF4NO3S. The van der Waals surface area contributed by atoms with Gasteiger partial charge in [0, 0.05) is 0 Å². The average Bonchev–Trinajstić information content (AvgIpc) is 2.37. The summed E-state index contributed by atoms with van der Waals surface area (Å²) in [6.45, 7) is -2.25. The molecule has 0 heterocycles. The molecule has 1 aromatic rings. The second-order valence-electron chi connectivity index (χ2n) is 3.81. The van der Waals surface area contributed by atoms with Crippen molar-refractivity contribution in [2.45, 2.75) is 23.9 Å². The molecule has 0 unspecified atom stereocenters. The third-order valence-electron chi connectivity index (χ3n) is 2.28. The second kappa shape index (κ2) is 6.25. The minimum absolute atomic E-state index is 0.176. The number of sulfonamides is 1. The van der Waals surface area contributed by atoms with Crippen LogP contribution in [0.15, 0.2) is 23.1 Å². The van der Waals surface area contributed by atoms with Gasteiger partial charge < -0.3 is 5.11 Å². The van der Waals surface area contributed by atoms with E-state index in [1.165, 1.54) is 10.8 Å². The van der Waals surface area contributed by atoms with Crippen molar-refractivity contribution in [1.82, 2.24) is 4.72 Å². The van der Waals surface area contributed by atoms with E-state index in [0.29, 0.717) is 0 Å². The zero-order chi connectivity index (χ0) is 15.6. The minimum atomic E-state index is -4.50. The fraction of sp³-hybridized carbons (Fsp3) is 0.400. The molecule has 20 heavy (non-hydrogen) atoms. The highest BCUT2D eigenvalue weighted by molar-refractivity contribution is 7.89. The molecule has 114 valence electrons. The third kappa shape index (κ3) is 4.05. The lowest BCUT2D eigenvalue weighted by Gasteiger charge is -2.16. The number of rotatable bonds is 6. The van der Waals surface area contributed by atoms with E-state index in [0.717, 1.165) is 12.1 Å². The second-order valence-corrected chi connectivity index (χ2v) is 5.95. The summed E-state index contributed by atoms with van der Waals surface area (Å²) in [6, 6.07) is 3.44. The van der Waals surface area contributed by atoms with E-state index >= 15 is 0 Å². The molecule has 2 N–H and O–H groups in total. The van der Waals surface area contributed by atoms with Crippen molar-refractivity contribution in [3.05, 3.63) is 28.8 Å². The minimum Gasteiger partial charge on any atom is -0.392 e. The maximum atomic E-state index is 12.7. The van der Waals surface area contributed by atoms with Gasteiger partial charge in [-0.3, -0.25) is 0 Å². The highest BCUT2D eigenvalue weighted by Crippen LogP contribution is 2.25. The number of hydrogen-bond acceptors (Lipinski definition) is 3. The van der Waals surface area contributed by atoms with Crippen LogP contribution in [-0.2, 0) is 16.6 Å². The lowest BCUT2D eigenvalue weighted by molar-refractivity contribution is -0.122. The highest BCUT2D eigenvalue weighted by Gasteiger charge is 2.41. The van der Waals surface area contributed by atoms with E-state index < -0.39 is 40.4 Å². The Bertz CT molecular complexity index is 580. The number of aliphatic hydroxyl groups is 1. The van der Waals surface area contributed by atoms with E-state index in [9.17, 15) is 26.0 Å². The van der Waals surface area contributed by atoms with Gasteiger partial charge in [-0.15, -0.1) is 0 Å². The maximum absolute atomic E-state index is 12.7. The number of nitrogens with one attached hydrogen (secondary N) is 1. The summed E-state index contributed by atoms with van der Waals surface area (Å²) in [5.74, 6) is -4.49. The first-order valence-electron chi connectivity index (χ1n) is 5.15. The van der Waals surface area contributed by atoms with E-state index in [1.54, 1.807) is 0 Å². The first-order valence-corrected chi connectivity index (χ1v) is 7.01. The van der Waals surface area contributed by atoms with Crippen LogP contribution in [0.4, 0.5) is 17.6 Å². The van der Waals surface area contributed by atoms with Crippen molar-refractivity contribution >= 4 is 21.6 Å². The normalized spacial score (nSPS) is 12.9. The molecule has 0 radical (unpaired) electrons. The fourth-order valence-electron chi connectivity index (χ4n) is 1.20. The molecule has 0 aliphatic carbocycles. The van der Waals surface area contributed by atoms with Crippen molar-refractivity contribution in [2.75, 3.05) is 6.54 Å². The summed E-state index contributed by atoms with van der Waals surface area (Å²) in [5.41, 5.74) is 0.176. The van der Waals surface area contributed by atoms with Gasteiger partial charge in [0.2, 0.25) is 10.0 Å². The predicted octanol–water partition coefficient (Wildman–Crippen LogP) is 2.01. The molecule has 0 spiro atoms. The Morgan fingerprint density at radius 3 is 2.45 bits per heavy atom. The van der Waals surface area contributed by atoms with Gasteiger partial charge in [-0.05, 0) is 17.7 Å². The average molecular weight is 336 g/mol. The van der Waals surface area contributed by atoms with Gasteiger partial charge in [-0.25, -0.2) is 21.9 Å². The lowest BCUT2D eigenvalue weighted by Crippen LogP contribution is -2.41. The molecule has 10 heteroatoms. The molecule has 1 aromatic carbocycles. The first-order chi connectivity index (χ1) is 9.10. The van der Waals surface area contributed by atoms with Crippen molar-refractivity contribution in [3.63, 3.8) is 0 Å². The molecule has 0 aliphatic heterocycles. The van der Waals surface area contributed by atoms with Gasteiger partial charge in [-0.1, -0.05) is 17.7 Å². The lowest BCUT2D eigenvalue weighted by atomic mass is 10.2. The van der Waals surface area contributed by atoms with Crippen LogP contribution in [0.1, 0.15) is 5.56 Å². The van der Waals surface area contributed by atoms with Crippen LogP contribution in [0, 0.1) is 0 Å². The molecule has 0 bridgehead atoms. The Morgan fingerprint density at radius 2 is 1.95 bits per heavy atom. The predicted molar refractivity (Wildman–Crippen MR) is 63.5 cm³/mol. The Kier molecular flexibility index (Phi) is 5.36. The van der Waals surface area contributed by atoms with Gasteiger partial charge in [0.05, 0.1) is 18.2 Å². The number of benzene rings is 1. The summed E-state index contributed by atoms with van der Waals surface area (Å²) >= 11 is 5.61. The fourth-order valence-corrected chi connectivity index (χ4v) is 2.79. The zero-order valence-corrected chi connectivity index (χ0v) is 11.4. The summed E-state index contributed by atoms with van der Waals surface area (Å²) in [7, 11) is -4.50. The topological polar surface area (TPSA) is 66.4 Å². The molecule has 1 rings (SSSR count). The Balaban J connectivity index is 3.00. The molecule has 0 fully saturated rings. The molecule has 0 aliphatic rings. The summed E-state index contributed by atoms with van der Waals surface area (Å²) in [5, 5.41) is 8.59. The maximum Gasteiger partial charge on any atom is 0.320 e. The Hall–Kier alpha value is -0.900. The van der Waals surface area contributed by atoms with Crippen LogP contribution in [0.2, 0.25) is 5.02 Å². The van der Waals surface area contributed by atoms with Crippen LogP contribution in [0.5, 0.6) is 0 Å². The van der Waals surface area contributed by atoms with Crippen LogP contribution < -0.4 is 4.72 Å². The molecular weight excluding hydrogens is 326 g/mol. The van der Waals surface area contributed by atoms with E-state index in [4.69, 9.17) is 16.7 Å². The van der Waals surface area contributed by atoms with Crippen molar-refractivity contribution in [3.8, 4) is 0 Å². The van der Waals surface area contributed by atoms with E-state index in [1.807, 2.05) is 0 Å². The van der Waals surface area contributed by atoms with Gasteiger partial charge in [0.15, 0.2) is 0 Å². The van der Waals surface area contributed by atoms with Crippen LogP contribution in [0.3, 0.4) is 0 Å². The van der Waals surface area contributed by atoms with Gasteiger partial charge in [-0.2, -0.15) is 8.78 Å². The third-order valence-corrected chi connectivity index (χ3v) is 4.17. The van der Waals surface area contributed by atoms with Crippen LogP contribution >= 0.6 is 11.6 Å². The van der Waals surface area contributed by atoms with Gasteiger partial charge in [0.1, 0.15) is 4.90 Å². The quantitative estimate of drug-likeness (QED) is 0.782. The number of halogens is 5. The van der Waals surface area contributed by atoms with Crippen molar-refractivity contribution in [2.24, 2.45) is 0 Å². The van der Waals surface area contributed by atoms with Gasteiger partial charge >= 0.3 is 12.3 Å². The Labute approximate surface area is 117 Å². The highest BCUT2D eigenvalue weighted by atomic mass is 35.5. The Morgan fingerprint density at radius 1 is 1.35 bits per heavy atom. The molecule has 0 aromatic heterocycles. The van der Waals surface area contributed by atoms with E-state index in [2.05, 4.69) is 0 Å². The molecule has 0 atom stereocenters. The first kappa shape index (κ1) is 17.2. The largest absolute Gasteiger partial charge is 0.392 e. The summed E-state index contributed by atoms with van der Waals surface area (Å²) in [6.07, 6.45) is -4.00. The molecule has 0 amide bonds. The van der Waals surface area contributed by atoms with E-state index in [-0.39, 0.29) is 10.6 Å². The summed E-state index contributed by atoms with van der Waals surface area (Å²) in [4.78, 5) is -0.573. The number of hydrogen-bond donors (Lipinski definition) is 2. The molecule has 0 saturated heterocycles. The SMILES string of the molecule is O=S(=O)(NCC(F)(F)C(F)F)c1cc(CO)ccc1Cl. The molecule has 4 nitrogen and oxygen atoms in total. The number of aliphatic hydroxyl groups excluding tert-OH is 1. The number of alkyl halides is 4. The van der Waals surface area contributed by atoms with Gasteiger partial charge in [0.25, 0.3) is 0 Å². The van der Waals surface area contributed by atoms with Crippen molar-refractivity contribution in [1.29, 1.82) is 0 Å². The molecule has 0 saturated carbocycles.